The molecule has 0 atom stereocenters. The molecule has 3 rings (SSSR count). The molecule has 0 fully saturated rings. The van der Waals surface area contributed by atoms with Crippen molar-refractivity contribution < 1.29 is 0 Å². The van der Waals surface area contributed by atoms with Crippen molar-refractivity contribution in [3.05, 3.63) is 60.0 Å². The molecule has 2 aromatic heterocycles. The first-order valence-electron chi connectivity index (χ1n) is 6.64. The highest BCUT2D eigenvalue weighted by atomic mass is 127. The summed E-state index contributed by atoms with van der Waals surface area (Å²) >= 11 is 0. The number of aryl methyl sites for hydroxylation is 1. The fourth-order valence-electron chi connectivity index (χ4n) is 2.06. The van der Waals surface area contributed by atoms with E-state index in [1.165, 1.54) is 0 Å². The highest BCUT2D eigenvalue weighted by Crippen LogP contribution is 2.09. The average Bonchev–Trinajstić information content (AvgIpc) is 2.88. The van der Waals surface area contributed by atoms with Gasteiger partial charge in [-0.2, -0.15) is 0 Å². The quantitative estimate of drug-likeness (QED) is 0.397. The Hall–Kier alpha value is -2.16. The predicted octanol–water partition coefficient (Wildman–Crippen LogP) is 2.58. The first kappa shape index (κ1) is 16.2. The van der Waals surface area contributed by atoms with Crippen molar-refractivity contribution in [3.8, 4) is 0 Å². The van der Waals surface area contributed by atoms with Crippen LogP contribution in [0.25, 0.3) is 5.65 Å². The van der Waals surface area contributed by atoms with Crippen molar-refractivity contribution in [2.24, 2.45) is 10.7 Å². The van der Waals surface area contributed by atoms with Crippen LogP contribution in [-0.2, 0) is 6.54 Å². The lowest BCUT2D eigenvalue weighted by atomic mass is 10.2. The Bertz CT molecular complexity index is 795. The fraction of sp³-hybridized carbons (Fsp3) is 0.133. The van der Waals surface area contributed by atoms with Gasteiger partial charge in [0.25, 0.3) is 0 Å². The summed E-state index contributed by atoms with van der Waals surface area (Å²) in [4.78, 5) is 4.30. The van der Waals surface area contributed by atoms with Gasteiger partial charge in [0.1, 0.15) is 6.54 Å². The number of aromatic nitrogens is 3. The molecule has 1 aromatic carbocycles. The Balaban J connectivity index is 0.00000176. The smallest absolute Gasteiger partial charge is 0.193 e. The lowest BCUT2D eigenvalue weighted by molar-refractivity contribution is 0.881. The number of nitrogens with two attached hydrogens (primary N) is 1. The van der Waals surface area contributed by atoms with E-state index in [2.05, 4.69) is 20.5 Å². The first-order valence-corrected chi connectivity index (χ1v) is 6.64. The van der Waals surface area contributed by atoms with Gasteiger partial charge in [0.2, 0.25) is 0 Å². The largest absolute Gasteiger partial charge is 0.370 e. The van der Waals surface area contributed by atoms with Crippen LogP contribution in [0.15, 0.2) is 53.7 Å². The van der Waals surface area contributed by atoms with Crippen molar-refractivity contribution in [2.45, 2.75) is 13.5 Å². The van der Waals surface area contributed by atoms with Gasteiger partial charge in [0.15, 0.2) is 17.4 Å². The Labute approximate surface area is 145 Å². The van der Waals surface area contributed by atoms with Crippen LogP contribution in [0.1, 0.15) is 11.4 Å². The zero-order valence-corrected chi connectivity index (χ0v) is 14.4. The molecule has 114 valence electrons. The van der Waals surface area contributed by atoms with Crippen LogP contribution in [0.4, 0.5) is 5.69 Å². The molecule has 0 aliphatic heterocycles. The van der Waals surface area contributed by atoms with E-state index in [-0.39, 0.29) is 24.0 Å². The maximum atomic E-state index is 5.90. The van der Waals surface area contributed by atoms with Crippen molar-refractivity contribution in [3.63, 3.8) is 0 Å². The van der Waals surface area contributed by atoms with E-state index >= 15 is 0 Å². The minimum Gasteiger partial charge on any atom is -0.370 e. The molecule has 0 aliphatic rings. The zero-order valence-electron chi connectivity index (χ0n) is 12.1. The number of aliphatic imine (C=N–C) groups is 1. The first-order chi connectivity index (χ1) is 10.2. The lowest BCUT2D eigenvalue weighted by Gasteiger charge is -2.06. The molecule has 3 N–H and O–H groups in total. The van der Waals surface area contributed by atoms with Gasteiger partial charge in [-0.05, 0) is 36.8 Å². The number of benzene rings is 1. The molecule has 6 nitrogen and oxygen atoms in total. The van der Waals surface area contributed by atoms with E-state index in [4.69, 9.17) is 5.73 Å². The second-order valence-electron chi connectivity index (χ2n) is 4.74. The minimum atomic E-state index is 0. The van der Waals surface area contributed by atoms with Crippen LogP contribution < -0.4 is 11.1 Å². The van der Waals surface area contributed by atoms with Gasteiger partial charge < -0.3 is 11.1 Å². The molecule has 0 saturated carbocycles. The molecular formula is C15H17IN6. The molecule has 0 spiro atoms. The molecule has 0 aliphatic carbocycles. The van der Waals surface area contributed by atoms with E-state index in [9.17, 15) is 0 Å². The number of hydrogen-bond acceptors (Lipinski definition) is 3. The van der Waals surface area contributed by atoms with Crippen molar-refractivity contribution in [1.82, 2.24) is 14.6 Å². The number of rotatable bonds is 3. The molecule has 7 heteroatoms. The molecule has 2 heterocycles. The third-order valence-electron chi connectivity index (χ3n) is 3.07. The zero-order chi connectivity index (χ0) is 14.7. The highest BCUT2D eigenvalue weighted by Gasteiger charge is 2.03. The SMILES string of the molecule is Cc1cccc(NC(N)=NCc2nnc3ccccn23)c1.I. The molecule has 0 saturated heterocycles. The third kappa shape index (κ3) is 3.73. The number of guanidine groups is 1. The Morgan fingerprint density at radius 3 is 2.91 bits per heavy atom. The standard InChI is InChI=1S/C15H16N6.HI/c1-11-5-4-6-12(9-11)18-15(16)17-10-14-20-19-13-7-2-3-8-21(13)14;/h2-9H,10H2,1H3,(H3,16,17,18);1H. The van der Waals surface area contributed by atoms with Crippen LogP contribution >= 0.6 is 24.0 Å². The maximum Gasteiger partial charge on any atom is 0.193 e. The van der Waals surface area contributed by atoms with Crippen LogP contribution in [0, 0.1) is 6.92 Å². The fourth-order valence-corrected chi connectivity index (χ4v) is 2.06. The van der Waals surface area contributed by atoms with Gasteiger partial charge in [-0.3, -0.25) is 4.40 Å². The normalized spacial score (nSPS) is 11.2. The molecular weight excluding hydrogens is 391 g/mol. The summed E-state index contributed by atoms with van der Waals surface area (Å²) in [6, 6.07) is 13.7. The summed E-state index contributed by atoms with van der Waals surface area (Å²) in [5, 5.41) is 11.2. The summed E-state index contributed by atoms with van der Waals surface area (Å²) in [5.41, 5.74) is 8.78. The monoisotopic (exact) mass is 408 g/mol. The second-order valence-corrected chi connectivity index (χ2v) is 4.74. The van der Waals surface area contributed by atoms with Crippen molar-refractivity contribution >= 4 is 41.3 Å². The summed E-state index contributed by atoms with van der Waals surface area (Å²) in [6.45, 7) is 2.40. The highest BCUT2D eigenvalue weighted by molar-refractivity contribution is 14.0. The van der Waals surface area contributed by atoms with Crippen LogP contribution in [0.5, 0.6) is 0 Å². The van der Waals surface area contributed by atoms with Gasteiger partial charge in [-0.15, -0.1) is 34.2 Å². The topological polar surface area (TPSA) is 80.6 Å². The Morgan fingerprint density at radius 2 is 2.09 bits per heavy atom. The van der Waals surface area contributed by atoms with Gasteiger partial charge in [-0.1, -0.05) is 18.2 Å². The van der Waals surface area contributed by atoms with Gasteiger partial charge in [0, 0.05) is 11.9 Å². The number of anilines is 1. The van der Waals surface area contributed by atoms with Crippen LogP contribution in [0.3, 0.4) is 0 Å². The minimum absolute atomic E-state index is 0. The Morgan fingerprint density at radius 1 is 1.23 bits per heavy atom. The average molecular weight is 408 g/mol. The summed E-state index contributed by atoms with van der Waals surface area (Å²) in [7, 11) is 0. The number of halogens is 1. The van der Waals surface area contributed by atoms with Crippen molar-refractivity contribution in [2.75, 3.05) is 5.32 Å². The summed E-state index contributed by atoms with van der Waals surface area (Å²) < 4.78 is 1.89. The van der Waals surface area contributed by atoms with Crippen LogP contribution in [-0.4, -0.2) is 20.6 Å². The molecule has 0 bridgehead atoms. The van der Waals surface area contributed by atoms with Gasteiger partial charge in [-0.25, -0.2) is 4.99 Å². The predicted molar refractivity (Wildman–Crippen MR) is 98.5 cm³/mol. The van der Waals surface area contributed by atoms with E-state index in [0.29, 0.717) is 12.5 Å². The van der Waals surface area contributed by atoms with E-state index < -0.39 is 0 Å². The summed E-state index contributed by atoms with van der Waals surface area (Å²) in [6.07, 6.45) is 1.91. The number of hydrogen-bond donors (Lipinski definition) is 2. The molecule has 0 amide bonds. The lowest BCUT2D eigenvalue weighted by Crippen LogP contribution is -2.22. The third-order valence-corrected chi connectivity index (χ3v) is 3.07. The number of nitrogens with one attached hydrogen (secondary N) is 1. The van der Waals surface area contributed by atoms with Crippen molar-refractivity contribution in [1.29, 1.82) is 0 Å². The maximum absolute atomic E-state index is 5.90. The number of nitrogens with zero attached hydrogens (tertiary/aromatic N) is 4. The van der Waals surface area contributed by atoms with Gasteiger partial charge in [0.05, 0.1) is 0 Å². The molecule has 3 aromatic rings. The van der Waals surface area contributed by atoms with E-state index in [1.807, 2.05) is 60.0 Å². The number of pyridine rings is 1. The molecule has 22 heavy (non-hydrogen) atoms. The summed E-state index contributed by atoms with van der Waals surface area (Å²) in [5.74, 6) is 1.10. The number of fused-ring (bicyclic) bond motifs is 1. The van der Waals surface area contributed by atoms with Crippen LogP contribution in [0.2, 0.25) is 0 Å². The second kappa shape index (κ2) is 7.21. The Kier molecular flexibility index (Phi) is 5.31. The molecule has 0 unspecified atom stereocenters. The van der Waals surface area contributed by atoms with Gasteiger partial charge >= 0.3 is 0 Å². The van der Waals surface area contributed by atoms with E-state index in [1.54, 1.807) is 0 Å². The van der Waals surface area contributed by atoms with E-state index in [0.717, 1.165) is 22.7 Å². The molecule has 0 radical (unpaired) electrons.